The second-order valence-corrected chi connectivity index (χ2v) is 3.35. The molecule has 2 nitrogen and oxygen atoms in total. The van der Waals surface area contributed by atoms with Crippen molar-refractivity contribution >= 4 is 9.39 Å². The lowest BCUT2D eigenvalue weighted by Gasteiger charge is -2.21. The van der Waals surface area contributed by atoms with E-state index in [1.54, 1.807) is 0 Å². The van der Waals surface area contributed by atoms with Gasteiger partial charge in [-0.3, -0.25) is 4.67 Å². The standard InChI is InChI=1S/C5H11N2P/c8-7-3-4-1-5(7)2-6-4/h4-6H,1-3,8H2/t4-,5?/m1/s1. The van der Waals surface area contributed by atoms with E-state index in [1.165, 1.54) is 19.5 Å². The van der Waals surface area contributed by atoms with Gasteiger partial charge in [-0.2, -0.15) is 0 Å². The summed E-state index contributed by atoms with van der Waals surface area (Å²) in [5, 5.41) is 3.43. The van der Waals surface area contributed by atoms with E-state index in [2.05, 4.69) is 19.4 Å². The first-order valence-electron chi connectivity index (χ1n) is 3.11. The zero-order valence-electron chi connectivity index (χ0n) is 4.80. The maximum absolute atomic E-state index is 3.43. The van der Waals surface area contributed by atoms with Crippen molar-refractivity contribution in [2.24, 2.45) is 0 Å². The van der Waals surface area contributed by atoms with Crippen molar-refractivity contribution in [3.05, 3.63) is 0 Å². The summed E-state index contributed by atoms with van der Waals surface area (Å²) in [5.41, 5.74) is 0. The summed E-state index contributed by atoms with van der Waals surface area (Å²) in [6.45, 7) is 2.43. The van der Waals surface area contributed by atoms with Crippen LogP contribution in [0.15, 0.2) is 0 Å². The largest absolute Gasteiger partial charge is 0.311 e. The lowest BCUT2D eigenvalue weighted by atomic mass is 10.2. The summed E-state index contributed by atoms with van der Waals surface area (Å²) in [7, 11) is 2.78. The number of piperazine rings is 1. The lowest BCUT2D eigenvalue weighted by Crippen LogP contribution is -2.38. The minimum atomic E-state index is 0.803. The molecule has 0 amide bonds. The molecule has 0 aliphatic carbocycles. The summed E-state index contributed by atoms with van der Waals surface area (Å²) in [6.07, 6.45) is 1.36. The smallest absolute Gasteiger partial charge is 0.0270 e. The first-order valence-corrected chi connectivity index (χ1v) is 3.62. The Kier molecular flexibility index (Phi) is 1.07. The predicted molar refractivity (Wildman–Crippen MR) is 36.6 cm³/mol. The second-order valence-electron chi connectivity index (χ2n) is 2.69. The van der Waals surface area contributed by atoms with E-state index >= 15 is 0 Å². The monoisotopic (exact) mass is 130 g/mol. The topological polar surface area (TPSA) is 15.3 Å². The molecule has 46 valence electrons. The highest BCUT2D eigenvalue weighted by Gasteiger charge is 2.34. The van der Waals surface area contributed by atoms with E-state index in [0.29, 0.717) is 0 Å². The number of rotatable bonds is 0. The molecule has 0 aromatic rings. The zero-order valence-corrected chi connectivity index (χ0v) is 5.96. The van der Waals surface area contributed by atoms with Crippen LogP contribution in [-0.2, 0) is 0 Å². The van der Waals surface area contributed by atoms with Crippen LogP contribution in [0.5, 0.6) is 0 Å². The molecule has 2 aliphatic rings. The average Bonchev–Trinajstić information content (AvgIpc) is 2.23. The Labute approximate surface area is 51.9 Å². The number of nitrogens with one attached hydrogen (secondary N) is 1. The highest BCUT2D eigenvalue weighted by molar-refractivity contribution is 7.13. The van der Waals surface area contributed by atoms with Crippen molar-refractivity contribution in [3.8, 4) is 0 Å². The Morgan fingerprint density at radius 3 is 2.75 bits per heavy atom. The van der Waals surface area contributed by atoms with Crippen LogP contribution in [0.1, 0.15) is 6.42 Å². The Morgan fingerprint density at radius 1 is 1.62 bits per heavy atom. The van der Waals surface area contributed by atoms with Crippen molar-refractivity contribution in [1.29, 1.82) is 0 Å². The maximum atomic E-state index is 3.43. The van der Waals surface area contributed by atoms with Crippen molar-refractivity contribution in [3.63, 3.8) is 0 Å². The highest BCUT2D eigenvalue weighted by atomic mass is 31.0. The van der Waals surface area contributed by atoms with Crippen LogP contribution < -0.4 is 5.32 Å². The summed E-state index contributed by atoms with van der Waals surface area (Å²) in [6, 6.07) is 1.63. The molecular weight excluding hydrogens is 119 g/mol. The first kappa shape index (κ1) is 5.16. The van der Waals surface area contributed by atoms with Gasteiger partial charge in [-0.15, -0.1) is 0 Å². The molecule has 2 fully saturated rings. The van der Waals surface area contributed by atoms with E-state index in [1.807, 2.05) is 0 Å². The van der Waals surface area contributed by atoms with E-state index in [9.17, 15) is 0 Å². The van der Waals surface area contributed by atoms with Gasteiger partial charge in [-0.05, 0) is 6.42 Å². The molecule has 0 saturated carbocycles. The van der Waals surface area contributed by atoms with Gasteiger partial charge in [0.05, 0.1) is 0 Å². The van der Waals surface area contributed by atoms with Crippen LogP contribution >= 0.6 is 9.39 Å². The summed E-state index contributed by atoms with van der Waals surface area (Å²) in [4.78, 5) is 0. The molecule has 0 aromatic carbocycles. The van der Waals surface area contributed by atoms with Crippen LogP contribution in [0.4, 0.5) is 0 Å². The summed E-state index contributed by atoms with van der Waals surface area (Å²) >= 11 is 0. The van der Waals surface area contributed by atoms with Crippen LogP contribution in [0.25, 0.3) is 0 Å². The minimum absolute atomic E-state index is 0.803. The van der Waals surface area contributed by atoms with Crippen molar-refractivity contribution in [2.45, 2.75) is 18.5 Å². The third-order valence-corrected chi connectivity index (χ3v) is 2.73. The quantitative estimate of drug-likeness (QED) is 0.458. The molecule has 2 unspecified atom stereocenters. The molecule has 0 radical (unpaired) electrons. The molecule has 3 heteroatoms. The third-order valence-electron chi connectivity index (χ3n) is 2.10. The molecule has 3 atom stereocenters. The fourth-order valence-electron chi connectivity index (χ4n) is 1.59. The van der Waals surface area contributed by atoms with Gasteiger partial charge in [-0.1, -0.05) is 9.39 Å². The molecular formula is C5H11N2P. The van der Waals surface area contributed by atoms with Gasteiger partial charge in [0.15, 0.2) is 0 Å². The Bertz CT molecular complexity index is 105. The molecule has 1 N–H and O–H groups in total. The van der Waals surface area contributed by atoms with Gasteiger partial charge in [0.25, 0.3) is 0 Å². The van der Waals surface area contributed by atoms with E-state index in [0.717, 1.165) is 12.1 Å². The number of hydrogen-bond donors (Lipinski definition) is 1. The Balaban J connectivity index is 2.11. The van der Waals surface area contributed by atoms with Gasteiger partial charge in [-0.25, -0.2) is 0 Å². The van der Waals surface area contributed by atoms with Crippen molar-refractivity contribution in [1.82, 2.24) is 9.99 Å². The Hall–Kier alpha value is 0.350. The number of fused-ring (bicyclic) bond motifs is 2. The molecule has 2 rings (SSSR count). The van der Waals surface area contributed by atoms with Gasteiger partial charge in [0.2, 0.25) is 0 Å². The van der Waals surface area contributed by atoms with Crippen LogP contribution in [0.3, 0.4) is 0 Å². The second kappa shape index (κ2) is 1.66. The molecule has 0 spiro atoms. The maximum Gasteiger partial charge on any atom is 0.0270 e. The van der Waals surface area contributed by atoms with Gasteiger partial charge in [0.1, 0.15) is 0 Å². The fraction of sp³-hybridized carbons (Fsp3) is 1.00. The number of hydrogen-bond acceptors (Lipinski definition) is 2. The lowest BCUT2D eigenvalue weighted by molar-refractivity contribution is 0.384. The summed E-state index contributed by atoms with van der Waals surface area (Å²) < 4.78 is 2.36. The third kappa shape index (κ3) is 0.604. The number of nitrogens with zero attached hydrogens (tertiary/aromatic N) is 1. The summed E-state index contributed by atoms with van der Waals surface area (Å²) in [5.74, 6) is 0. The van der Waals surface area contributed by atoms with Crippen LogP contribution in [0, 0.1) is 0 Å². The SMILES string of the molecule is PN1C[C@H]2CC1CN2. The highest BCUT2D eigenvalue weighted by Crippen LogP contribution is 2.25. The molecule has 2 heterocycles. The van der Waals surface area contributed by atoms with Gasteiger partial charge < -0.3 is 5.32 Å². The van der Waals surface area contributed by atoms with E-state index in [-0.39, 0.29) is 0 Å². The molecule has 8 heavy (non-hydrogen) atoms. The Morgan fingerprint density at radius 2 is 2.50 bits per heavy atom. The normalized spacial score (nSPS) is 46.1. The average molecular weight is 130 g/mol. The molecule has 0 aromatic heterocycles. The first-order chi connectivity index (χ1) is 3.86. The molecule has 2 bridgehead atoms. The predicted octanol–water partition coefficient (Wildman–Crippen LogP) is -0.177. The van der Waals surface area contributed by atoms with Crippen LogP contribution in [0.2, 0.25) is 0 Å². The van der Waals surface area contributed by atoms with E-state index < -0.39 is 0 Å². The van der Waals surface area contributed by atoms with Gasteiger partial charge >= 0.3 is 0 Å². The van der Waals surface area contributed by atoms with Crippen molar-refractivity contribution in [2.75, 3.05) is 13.1 Å². The zero-order chi connectivity index (χ0) is 5.56. The minimum Gasteiger partial charge on any atom is -0.311 e. The molecule has 2 saturated heterocycles. The van der Waals surface area contributed by atoms with E-state index in [4.69, 9.17) is 0 Å². The van der Waals surface area contributed by atoms with Crippen molar-refractivity contribution < 1.29 is 0 Å². The fourth-order valence-corrected chi connectivity index (χ4v) is 2.07. The van der Waals surface area contributed by atoms with Gasteiger partial charge in [0, 0.05) is 25.2 Å². The molecule has 2 aliphatic heterocycles. The van der Waals surface area contributed by atoms with Crippen LogP contribution in [-0.4, -0.2) is 29.8 Å².